The Balaban J connectivity index is 1.74. The van der Waals surface area contributed by atoms with Crippen LogP contribution in [0.15, 0.2) is 18.2 Å². The van der Waals surface area contributed by atoms with Gasteiger partial charge in [-0.1, -0.05) is 19.4 Å². The van der Waals surface area contributed by atoms with Crippen LogP contribution in [0.3, 0.4) is 0 Å². The van der Waals surface area contributed by atoms with E-state index in [1.165, 1.54) is 18.6 Å². The van der Waals surface area contributed by atoms with Crippen molar-refractivity contribution in [3.8, 4) is 0 Å². The highest BCUT2D eigenvalue weighted by Crippen LogP contribution is 2.33. The Kier molecular flexibility index (Phi) is 6.83. The minimum Gasteiger partial charge on any atom is -0.394 e. The summed E-state index contributed by atoms with van der Waals surface area (Å²) in [5.74, 6) is 0.424. The smallest absolute Gasteiger partial charge is 0.127 e. The molecule has 5 atom stereocenters. The van der Waals surface area contributed by atoms with E-state index in [2.05, 4.69) is 11.8 Å². The number of aliphatic hydroxyl groups excluding tert-OH is 4. The highest BCUT2D eigenvalue weighted by molar-refractivity contribution is 5.28. The van der Waals surface area contributed by atoms with Crippen molar-refractivity contribution in [2.75, 3.05) is 19.7 Å². The van der Waals surface area contributed by atoms with Gasteiger partial charge in [0.15, 0.2) is 0 Å². The molecule has 0 amide bonds. The monoisotopic (exact) mass is 383 g/mol. The molecule has 6 nitrogen and oxygen atoms in total. The first-order chi connectivity index (χ1) is 12.9. The molecule has 2 fully saturated rings. The number of ether oxygens (including phenoxy) is 1. The Bertz CT molecular complexity index is 620. The third-order valence-corrected chi connectivity index (χ3v) is 5.97. The molecule has 1 aromatic carbocycles. The summed E-state index contributed by atoms with van der Waals surface area (Å²) in [5.41, 5.74) is 1.03. The van der Waals surface area contributed by atoms with Crippen molar-refractivity contribution in [1.29, 1.82) is 0 Å². The molecule has 0 aliphatic carbocycles. The molecule has 0 bridgehead atoms. The van der Waals surface area contributed by atoms with E-state index in [0.717, 1.165) is 31.8 Å². The zero-order valence-electron chi connectivity index (χ0n) is 15.7. The van der Waals surface area contributed by atoms with Crippen molar-refractivity contribution in [1.82, 2.24) is 4.90 Å². The first-order valence-corrected chi connectivity index (χ1v) is 9.75. The normalized spacial score (nSPS) is 33.3. The molecule has 2 saturated heterocycles. The number of rotatable bonds is 5. The second kappa shape index (κ2) is 8.94. The predicted molar refractivity (Wildman–Crippen MR) is 97.4 cm³/mol. The van der Waals surface area contributed by atoms with Crippen LogP contribution in [0, 0.1) is 11.7 Å². The summed E-state index contributed by atoms with van der Waals surface area (Å²) < 4.78 is 19.9. The van der Waals surface area contributed by atoms with Gasteiger partial charge in [-0.2, -0.15) is 0 Å². The van der Waals surface area contributed by atoms with E-state index in [4.69, 9.17) is 4.74 Å². The molecule has 0 radical (unpaired) electrons. The van der Waals surface area contributed by atoms with Crippen molar-refractivity contribution in [2.45, 2.75) is 63.3 Å². The maximum atomic E-state index is 14.4. The van der Waals surface area contributed by atoms with Crippen molar-refractivity contribution < 1.29 is 29.6 Å². The van der Waals surface area contributed by atoms with Gasteiger partial charge in [-0.15, -0.1) is 0 Å². The summed E-state index contributed by atoms with van der Waals surface area (Å²) >= 11 is 0. The molecule has 0 spiro atoms. The van der Waals surface area contributed by atoms with Gasteiger partial charge in [0.05, 0.1) is 6.61 Å². The van der Waals surface area contributed by atoms with Crippen LogP contribution in [0.2, 0.25) is 0 Å². The zero-order chi connectivity index (χ0) is 19.6. The number of piperidine rings is 1. The second-order valence-corrected chi connectivity index (χ2v) is 7.73. The van der Waals surface area contributed by atoms with E-state index in [1.54, 1.807) is 6.07 Å². The minimum atomic E-state index is -1.44. The standard InChI is InChI=1S/C20H30FNO5/c1-2-12-5-7-22(8-6-12)10-14-9-13(3-4-15(14)21)20-19(26)18(25)17(24)16(11-23)27-20/h3-4,9,12,16-20,23-26H,2,5-8,10-11H2,1H3. The molecule has 2 aliphatic heterocycles. The molecule has 1 aromatic rings. The molecule has 2 heterocycles. The van der Waals surface area contributed by atoms with Gasteiger partial charge in [0.1, 0.15) is 36.3 Å². The van der Waals surface area contributed by atoms with Crippen LogP contribution in [0.4, 0.5) is 4.39 Å². The van der Waals surface area contributed by atoms with E-state index < -0.39 is 37.1 Å². The fourth-order valence-corrected chi connectivity index (χ4v) is 4.06. The number of hydrogen-bond acceptors (Lipinski definition) is 6. The molecule has 2 aliphatic rings. The van der Waals surface area contributed by atoms with E-state index in [0.29, 0.717) is 17.7 Å². The van der Waals surface area contributed by atoms with Crippen LogP contribution in [0.5, 0.6) is 0 Å². The van der Waals surface area contributed by atoms with E-state index >= 15 is 0 Å². The molecular weight excluding hydrogens is 353 g/mol. The largest absolute Gasteiger partial charge is 0.394 e. The third kappa shape index (κ3) is 4.50. The summed E-state index contributed by atoms with van der Waals surface area (Å²) in [6.07, 6.45) is -2.71. The summed E-state index contributed by atoms with van der Waals surface area (Å²) in [7, 11) is 0. The summed E-state index contributed by atoms with van der Waals surface area (Å²) in [4.78, 5) is 2.22. The van der Waals surface area contributed by atoms with E-state index in [9.17, 15) is 24.8 Å². The number of halogens is 1. The van der Waals surface area contributed by atoms with Gasteiger partial charge in [-0.3, -0.25) is 4.90 Å². The Morgan fingerprint density at radius 2 is 1.81 bits per heavy atom. The second-order valence-electron chi connectivity index (χ2n) is 7.73. The van der Waals surface area contributed by atoms with Crippen LogP contribution in [-0.2, 0) is 11.3 Å². The summed E-state index contributed by atoms with van der Waals surface area (Å²) in [5, 5.41) is 39.5. The first kappa shape index (κ1) is 20.6. The fourth-order valence-electron chi connectivity index (χ4n) is 4.06. The lowest BCUT2D eigenvalue weighted by Crippen LogP contribution is -2.55. The van der Waals surface area contributed by atoms with Crippen molar-refractivity contribution in [2.24, 2.45) is 5.92 Å². The summed E-state index contributed by atoms with van der Waals surface area (Å²) in [6, 6.07) is 4.49. The van der Waals surface area contributed by atoms with Crippen LogP contribution in [0.25, 0.3) is 0 Å². The van der Waals surface area contributed by atoms with Gasteiger partial charge in [-0.25, -0.2) is 4.39 Å². The van der Waals surface area contributed by atoms with Gasteiger partial charge < -0.3 is 25.2 Å². The lowest BCUT2D eigenvalue weighted by Gasteiger charge is -2.40. The highest BCUT2D eigenvalue weighted by atomic mass is 19.1. The zero-order valence-corrected chi connectivity index (χ0v) is 15.7. The van der Waals surface area contributed by atoms with Gasteiger partial charge in [0, 0.05) is 12.1 Å². The van der Waals surface area contributed by atoms with Gasteiger partial charge in [-0.05, 0) is 49.5 Å². The highest BCUT2D eigenvalue weighted by Gasteiger charge is 2.44. The van der Waals surface area contributed by atoms with Gasteiger partial charge in [0.2, 0.25) is 0 Å². The van der Waals surface area contributed by atoms with Gasteiger partial charge in [0.25, 0.3) is 0 Å². The molecule has 0 saturated carbocycles. The molecule has 0 aromatic heterocycles. The SMILES string of the molecule is CCC1CCN(Cc2cc(C3OC(CO)C(O)C(O)C3O)ccc2F)CC1. The maximum absolute atomic E-state index is 14.4. The first-order valence-electron chi connectivity index (χ1n) is 9.75. The summed E-state index contributed by atoms with van der Waals surface area (Å²) in [6.45, 7) is 4.06. The molecule has 27 heavy (non-hydrogen) atoms. The lowest BCUT2D eigenvalue weighted by molar-refractivity contribution is -0.231. The maximum Gasteiger partial charge on any atom is 0.127 e. The quantitative estimate of drug-likeness (QED) is 0.605. The number of nitrogens with zero attached hydrogens (tertiary/aromatic N) is 1. The molecule has 7 heteroatoms. The molecular formula is C20H30FNO5. The third-order valence-electron chi connectivity index (χ3n) is 5.97. The van der Waals surface area contributed by atoms with E-state index in [1.807, 2.05) is 0 Å². The number of hydrogen-bond donors (Lipinski definition) is 4. The molecule has 4 N–H and O–H groups in total. The fraction of sp³-hybridized carbons (Fsp3) is 0.700. The minimum absolute atomic E-state index is 0.319. The number of benzene rings is 1. The molecule has 3 rings (SSSR count). The van der Waals surface area contributed by atoms with Crippen LogP contribution < -0.4 is 0 Å². The average molecular weight is 383 g/mol. The Hall–Kier alpha value is -1.09. The Labute approximate surface area is 159 Å². The lowest BCUT2D eigenvalue weighted by atomic mass is 9.90. The topological polar surface area (TPSA) is 93.4 Å². The van der Waals surface area contributed by atoms with Crippen molar-refractivity contribution in [3.63, 3.8) is 0 Å². The van der Waals surface area contributed by atoms with Crippen LogP contribution in [-0.4, -0.2) is 69.4 Å². The Morgan fingerprint density at radius 1 is 1.11 bits per heavy atom. The van der Waals surface area contributed by atoms with Crippen molar-refractivity contribution >= 4 is 0 Å². The van der Waals surface area contributed by atoms with Crippen LogP contribution in [0.1, 0.15) is 43.4 Å². The van der Waals surface area contributed by atoms with Gasteiger partial charge >= 0.3 is 0 Å². The average Bonchev–Trinajstić information content (AvgIpc) is 2.69. The molecule has 152 valence electrons. The molecule has 5 unspecified atom stereocenters. The van der Waals surface area contributed by atoms with Crippen LogP contribution >= 0.6 is 0 Å². The van der Waals surface area contributed by atoms with Crippen molar-refractivity contribution in [3.05, 3.63) is 35.1 Å². The predicted octanol–water partition coefficient (Wildman–Crippen LogP) is 0.963. The number of likely N-dealkylation sites (tertiary alicyclic amines) is 1. The Morgan fingerprint density at radius 3 is 2.44 bits per heavy atom. The van der Waals surface area contributed by atoms with E-state index in [-0.39, 0.29) is 5.82 Å². The number of aliphatic hydroxyl groups is 4.